The van der Waals surface area contributed by atoms with E-state index < -0.39 is 10.7 Å². The van der Waals surface area contributed by atoms with Crippen LogP contribution in [-0.4, -0.2) is 41.2 Å². The van der Waals surface area contributed by atoms with E-state index in [2.05, 4.69) is 0 Å². The molecule has 6 heteroatoms. The lowest BCUT2D eigenvalue weighted by Crippen LogP contribution is -2.44. The van der Waals surface area contributed by atoms with Crippen LogP contribution in [0, 0.1) is 0 Å². The number of rotatable bonds is 6. The molecule has 0 N–H and O–H groups in total. The lowest BCUT2D eigenvalue weighted by molar-refractivity contribution is -0.133. The summed E-state index contributed by atoms with van der Waals surface area (Å²) in [6.07, 6.45) is 0. The van der Waals surface area contributed by atoms with Crippen molar-refractivity contribution in [3.63, 3.8) is 0 Å². The lowest BCUT2D eigenvalue weighted by Gasteiger charge is -2.26. The maximum Gasteiger partial charge on any atom is 0.256 e. The molecule has 0 heterocycles. The van der Waals surface area contributed by atoms with Gasteiger partial charge in [-0.1, -0.05) is 41.4 Å². The molecule has 0 fully saturated rings. The molecule has 0 unspecified atom stereocenters. The van der Waals surface area contributed by atoms with Crippen LogP contribution in [0.15, 0.2) is 30.3 Å². The number of nitrogens with zero attached hydrogens (tertiary/aromatic N) is 2. The normalized spacial score (nSPS) is 10.4. The summed E-state index contributed by atoms with van der Waals surface area (Å²) in [5.41, 5.74) is 0.803. The van der Waals surface area contributed by atoms with Crippen molar-refractivity contribution in [2.45, 2.75) is 18.7 Å². The molecule has 0 radical (unpaired) electrons. The van der Waals surface area contributed by atoms with E-state index in [0.717, 1.165) is 5.69 Å². The van der Waals surface area contributed by atoms with E-state index in [0.29, 0.717) is 13.1 Å². The zero-order valence-corrected chi connectivity index (χ0v) is 13.1. The largest absolute Gasteiger partial charge is 0.331 e. The third kappa shape index (κ3) is 4.39. The monoisotopic (exact) mass is 316 g/mol. The van der Waals surface area contributed by atoms with Gasteiger partial charge in [0.25, 0.3) is 5.91 Å². The number of halogens is 2. The molecule has 110 valence electrons. The van der Waals surface area contributed by atoms with Gasteiger partial charge in [-0.25, -0.2) is 0 Å². The number of carbonyl (C=O) groups is 2. The molecule has 1 rings (SSSR count). The van der Waals surface area contributed by atoms with Crippen LogP contribution in [0.1, 0.15) is 13.8 Å². The maximum atomic E-state index is 12.3. The molecule has 1 aromatic rings. The molecule has 0 bridgehead atoms. The summed E-state index contributed by atoms with van der Waals surface area (Å²) >= 11 is 11.1. The van der Waals surface area contributed by atoms with Gasteiger partial charge in [-0.15, -0.1) is 0 Å². The Balaban J connectivity index is 2.80. The van der Waals surface area contributed by atoms with Crippen LogP contribution in [-0.2, 0) is 9.59 Å². The SMILES string of the molecule is CCN(CC(=O)N(CC)c1ccccc1)C(=O)C(Cl)Cl. The Bertz CT molecular complexity index is 452. The number of alkyl halides is 2. The van der Waals surface area contributed by atoms with Gasteiger partial charge in [-0.05, 0) is 26.0 Å². The van der Waals surface area contributed by atoms with Crippen molar-refractivity contribution in [2.24, 2.45) is 0 Å². The van der Waals surface area contributed by atoms with Crippen molar-refractivity contribution in [2.75, 3.05) is 24.5 Å². The third-order valence-corrected chi connectivity index (χ3v) is 3.26. The topological polar surface area (TPSA) is 40.6 Å². The molecule has 0 atom stereocenters. The standard InChI is InChI=1S/C14H18Cl2N2O2/c1-3-17(14(20)13(15)16)10-12(19)18(4-2)11-8-6-5-7-9-11/h5-9,13H,3-4,10H2,1-2H3. The summed E-state index contributed by atoms with van der Waals surface area (Å²) in [6, 6.07) is 9.31. The van der Waals surface area contributed by atoms with Gasteiger partial charge < -0.3 is 9.80 Å². The second-order valence-corrected chi connectivity index (χ2v) is 5.22. The fourth-order valence-electron chi connectivity index (χ4n) is 1.84. The number of anilines is 1. The quantitative estimate of drug-likeness (QED) is 0.757. The molecule has 0 aliphatic heterocycles. The predicted octanol–water partition coefficient (Wildman–Crippen LogP) is 2.69. The molecular weight excluding hydrogens is 299 g/mol. The van der Waals surface area contributed by atoms with E-state index in [1.54, 1.807) is 11.8 Å². The number of carbonyl (C=O) groups excluding carboxylic acids is 2. The molecule has 0 saturated carbocycles. The Kier molecular flexibility index (Phi) is 6.82. The van der Waals surface area contributed by atoms with Crippen molar-refractivity contribution in [3.05, 3.63) is 30.3 Å². The van der Waals surface area contributed by atoms with E-state index in [4.69, 9.17) is 23.2 Å². The Morgan fingerprint density at radius 2 is 1.70 bits per heavy atom. The van der Waals surface area contributed by atoms with Gasteiger partial charge in [-0.3, -0.25) is 9.59 Å². The van der Waals surface area contributed by atoms with Gasteiger partial charge in [0.15, 0.2) is 4.84 Å². The predicted molar refractivity (Wildman–Crippen MR) is 82.2 cm³/mol. The maximum absolute atomic E-state index is 12.3. The van der Waals surface area contributed by atoms with Crippen molar-refractivity contribution in [3.8, 4) is 0 Å². The zero-order valence-electron chi connectivity index (χ0n) is 11.6. The van der Waals surface area contributed by atoms with Crippen molar-refractivity contribution in [1.29, 1.82) is 0 Å². The van der Waals surface area contributed by atoms with E-state index >= 15 is 0 Å². The van der Waals surface area contributed by atoms with Crippen LogP contribution in [0.2, 0.25) is 0 Å². The highest BCUT2D eigenvalue weighted by Gasteiger charge is 2.23. The summed E-state index contributed by atoms with van der Waals surface area (Å²) < 4.78 is 0. The molecule has 0 aromatic heterocycles. The second kappa shape index (κ2) is 8.12. The van der Waals surface area contributed by atoms with E-state index in [1.165, 1.54) is 4.90 Å². The average Bonchev–Trinajstić information content (AvgIpc) is 2.45. The van der Waals surface area contributed by atoms with E-state index in [1.807, 2.05) is 37.3 Å². The van der Waals surface area contributed by atoms with Crippen molar-refractivity contribution < 1.29 is 9.59 Å². The lowest BCUT2D eigenvalue weighted by atomic mass is 10.2. The Morgan fingerprint density at radius 1 is 1.10 bits per heavy atom. The third-order valence-electron chi connectivity index (χ3n) is 2.89. The molecule has 0 aliphatic rings. The number of para-hydroxylation sites is 1. The van der Waals surface area contributed by atoms with Gasteiger partial charge in [0, 0.05) is 18.8 Å². The summed E-state index contributed by atoms with van der Waals surface area (Å²) in [5.74, 6) is -0.615. The van der Waals surface area contributed by atoms with E-state index in [-0.39, 0.29) is 12.5 Å². The smallest absolute Gasteiger partial charge is 0.256 e. The Labute approximate surface area is 129 Å². The molecule has 20 heavy (non-hydrogen) atoms. The number of benzene rings is 1. The van der Waals surface area contributed by atoms with Gasteiger partial charge in [-0.2, -0.15) is 0 Å². The summed E-state index contributed by atoms with van der Waals surface area (Å²) in [7, 11) is 0. The Hall–Kier alpha value is -1.26. The fraction of sp³-hybridized carbons (Fsp3) is 0.429. The van der Waals surface area contributed by atoms with Gasteiger partial charge in [0.2, 0.25) is 5.91 Å². The first-order chi connectivity index (χ1) is 9.51. The number of amides is 2. The minimum Gasteiger partial charge on any atom is -0.331 e. The van der Waals surface area contributed by atoms with Crippen LogP contribution in [0.25, 0.3) is 0 Å². The summed E-state index contributed by atoms with van der Waals surface area (Å²) in [4.78, 5) is 25.9. The van der Waals surface area contributed by atoms with Crippen LogP contribution < -0.4 is 4.90 Å². The molecule has 4 nitrogen and oxygen atoms in total. The van der Waals surface area contributed by atoms with Gasteiger partial charge >= 0.3 is 0 Å². The van der Waals surface area contributed by atoms with Crippen LogP contribution in [0.5, 0.6) is 0 Å². The van der Waals surface area contributed by atoms with Crippen molar-refractivity contribution in [1.82, 2.24) is 4.90 Å². The second-order valence-electron chi connectivity index (χ2n) is 4.13. The average molecular weight is 317 g/mol. The van der Waals surface area contributed by atoms with Crippen LogP contribution in [0.4, 0.5) is 5.69 Å². The first-order valence-electron chi connectivity index (χ1n) is 6.43. The summed E-state index contributed by atoms with van der Waals surface area (Å²) in [6.45, 7) is 4.54. The summed E-state index contributed by atoms with van der Waals surface area (Å²) in [5, 5.41) is 0. The molecule has 0 spiro atoms. The Morgan fingerprint density at radius 3 is 2.15 bits per heavy atom. The molecule has 0 saturated heterocycles. The highest BCUT2D eigenvalue weighted by Crippen LogP contribution is 2.14. The zero-order chi connectivity index (χ0) is 15.1. The molecule has 1 aromatic carbocycles. The first-order valence-corrected chi connectivity index (χ1v) is 7.30. The van der Waals surface area contributed by atoms with Crippen molar-refractivity contribution >= 4 is 40.7 Å². The number of likely N-dealkylation sites (N-methyl/N-ethyl adjacent to an activating group) is 2. The van der Waals surface area contributed by atoms with Gasteiger partial charge in [0.1, 0.15) is 6.54 Å². The highest BCUT2D eigenvalue weighted by molar-refractivity contribution is 6.53. The van der Waals surface area contributed by atoms with Crippen LogP contribution >= 0.6 is 23.2 Å². The first kappa shape index (κ1) is 16.8. The minimum atomic E-state index is -1.14. The number of hydrogen-bond acceptors (Lipinski definition) is 2. The van der Waals surface area contributed by atoms with E-state index in [9.17, 15) is 9.59 Å². The minimum absolute atomic E-state index is 0.0337. The van der Waals surface area contributed by atoms with Crippen LogP contribution in [0.3, 0.4) is 0 Å². The molecule has 0 aliphatic carbocycles. The molecular formula is C14H18Cl2N2O2. The van der Waals surface area contributed by atoms with Gasteiger partial charge in [0.05, 0.1) is 0 Å². The molecule has 2 amide bonds. The number of hydrogen-bond donors (Lipinski definition) is 0. The highest BCUT2D eigenvalue weighted by atomic mass is 35.5. The fourth-order valence-corrected chi connectivity index (χ4v) is 2.12.